The Hall–Kier alpha value is -1.08. The average molecular weight is 185 g/mol. The fraction of sp³-hybridized carbons (Fsp3) is 0.778. The molecule has 0 aromatic carbocycles. The van der Waals surface area contributed by atoms with Crippen LogP contribution in [0.2, 0.25) is 0 Å². The van der Waals surface area contributed by atoms with Gasteiger partial charge in [-0.25, -0.2) is 0 Å². The standard InChI is InChI=1S/C9H15NO3/c1-8(2,3)13-7(12)9(4,5-10)6-11/h11H,6H2,1-4H3/t9-/m0/s1. The molecule has 0 fully saturated rings. The van der Waals surface area contributed by atoms with Crippen LogP contribution in [0.3, 0.4) is 0 Å². The van der Waals surface area contributed by atoms with Crippen LogP contribution in [0.4, 0.5) is 0 Å². The number of carbonyl (C=O) groups is 1. The van der Waals surface area contributed by atoms with Crippen LogP contribution in [-0.4, -0.2) is 23.3 Å². The van der Waals surface area contributed by atoms with Crippen LogP contribution in [0.15, 0.2) is 0 Å². The van der Waals surface area contributed by atoms with Gasteiger partial charge in [0.2, 0.25) is 0 Å². The highest BCUT2D eigenvalue weighted by Gasteiger charge is 2.36. The summed E-state index contributed by atoms with van der Waals surface area (Å²) in [7, 11) is 0. The normalized spacial score (nSPS) is 15.7. The van der Waals surface area contributed by atoms with E-state index in [1.54, 1.807) is 26.8 Å². The third-order valence-corrected chi connectivity index (χ3v) is 1.41. The minimum Gasteiger partial charge on any atom is -0.459 e. The molecule has 0 aliphatic carbocycles. The van der Waals surface area contributed by atoms with Gasteiger partial charge in [-0.1, -0.05) is 0 Å². The third kappa shape index (κ3) is 3.43. The van der Waals surface area contributed by atoms with Crippen molar-refractivity contribution in [3.8, 4) is 6.07 Å². The van der Waals surface area contributed by atoms with E-state index in [1.165, 1.54) is 6.92 Å². The molecule has 0 saturated heterocycles. The third-order valence-electron chi connectivity index (χ3n) is 1.41. The van der Waals surface area contributed by atoms with E-state index in [-0.39, 0.29) is 0 Å². The summed E-state index contributed by atoms with van der Waals surface area (Å²) >= 11 is 0. The molecule has 1 N–H and O–H groups in total. The molecule has 0 spiro atoms. The molecule has 0 aliphatic heterocycles. The topological polar surface area (TPSA) is 70.3 Å². The lowest BCUT2D eigenvalue weighted by molar-refractivity contribution is -0.165. The van der Waals surface area contributed by atoms with E-state index in [0.717, 1.165) is 0 Å². The molecule has 0 radical (unpaired) electrons. The van der Waals surface area contributed by atoms with E-state index in [0.29, 0.717) is 0 Å². The van der Waals surface area contributed by atoms with Crippen LogP contribution in [0, 0.1) is 16.7 Å². The monoisotopic (exact) mass is 185 g/mol. The Bertz CT molecular complexity index is 236. The second kappa shape index (κ2) is 3.75. The van der Waals surface area contributed by atoms with Gasteiger partial charge in [-0.3, -0.25) is 4.79 Å². The highest BCUT2D eigenvalue weighted by Crippen LogP contribution is 2.20. The molecule has 0 aliphatic rings. The number of nitrogens with zero attached hydrogens (tertiary/aromatic N) is 1. The van der Waals surface area contributed by atoms with Crippen molar-refractivity contribution < 1.29 is 14.6 Å². The van der Waals surface area contributed by atoms with Gasteiger partial charge in [-0.05, 0) is 27.7 Å². The number of hydrogen-bond donors (Lipinski definition) is 1. The largest absolute Gasteiger partial charge is 0.459 e. The van der Waals surface area contributed by atoms with Gasteiger partial charge in [-0.2, -0.15) is 5.26 Å². The van der Waals surface area contributed by atoms with Crippen molar-refractivity contribution in [3.63, 3.8) is 0 Å². The predicted molar refractivity (Wildman–Crippen MR) is 46.7 cm³/mol. The fourth-order valence-electron chi connectivity index (χ4n) is 0.536. The summed E-state index contributed by atoms with van der Waals surface area (Å²) in [6, 6.07) is 1.73. The summed E-state index contributed by atoms with van der Waals surface area (Å²) in [5.74, 6) is -0.690. The van der Waals surface area contributed by atoms with Crippen molar-refractivity contribution in [2.24, 2.45) is 5.41 Å². The first kappa shape index (κ1) is 11.9. The van der Waals surface area contributed by atoms with Gasteiger partial charge in [0.05, 0.1) is 12.7 Å². The summed E-state index contributed by atoms with van der Waals surface area (Å²) in [4.78, 5) is 11.3. The molecule has 0 bridgehead atoms. The number of nitriles is 1. The maximum Gasteiger partial charge on any atom is 0.329 e. The minimum absolute atomic E-state index is 0.529. The Balaban J connectivity index is 4.53. The van der Waals surface area contributed by atoms with E-state index < -0.39 is 23.6 Å². The number of aliphatic hydroxyl groups is 1. The zero-order valence-electron chi connectivity index (χ0n) is 8.42. The van der Waals surface area contributed by atoms with Crippen LogP contribution in [0.25, 0.3) is 0 Å². The minimum atomic E-state index is -1.45. The number of aliphatic hydroxyl groups excluding tert-OH is 1. The van der Waals surface area contributed by atoms with Crippen molar-refractivity contribution in [1.82, 2.24) is 0 Å². The summed E-state index contributed by atoms with van der Waals surface area (Å²) < 4.78 is 4.96. The summed E-state index contributed by atoms with van der Waals surface area (Å²) in [6.07, 6.45) is 0. The number of esters is 1. The van der Waals surface area contributed by atoms with Crippen LogP contribution in [0.1, 0.15) is 27.7 Å². The summed E-state index contributed by atoms with van der Waals surface area (Å²) in [6.45, 7) is 5.94. The van der Waals surface area contributed by atoms with Gasteiger partial charge in [-0.15, -0.1) is 0 Å². The molecule has 0 amide bonds. The molecular weight excluding hydrogens is 170 g/mol. The van der Waals surface area contributed by atoms with Crippen molar-refractivity contribution >= 4 is 5.97 Å². The SMILES string of the molecule is CC(C)(C)OC(=O)[C@@](C)(C#N)CO. The number of ether oxygens (including phenoxy) is 1. The first-order valence-corrected chi connectivity index (χ1v) is 4.01. The molecule has 4 nitrogen and oxygen atoms in total. The number of rotatable bonds is 2. The van der Waals surface area contributed by atoms with E-state index in [4.69, 9.17) is 15.1 Å². The molecule has 0 rings (SSSR count). The smallest absolute Gasteiger partial charge is 0.329 e. The van der Waals surface area contributed by atoms with Gasteiger partial charge >= 0.3 is 5.97 Å². The average Bonchev–Trinajstić information content (AvgIpc) is 2.00. The second-order valence-corrected chi connectivity index (χ2v) is 4.10. The van der Waals surface area contributed by atoms with Crippen LogP contribution in [0.5, 0.6) is 0 Å². The van der Waals surface area contributed by atoms with E-state index in [2.05, 4.69) is 0 Å². The number of hydrogen-bond acceptors (Lipinski definition) is 4. The molecule has 0 unspecified atom stereocenters. The number of carbonyl (C=O) groups excluding carboxylic acids is 1. The Labute approximate surface area is 78.1 Å². The van der Waals surface area contributed by atoms with Gasteiger partial charge < -0.3 is 9.84 Å². The Kier molecular flexibility index (Phi) is 3.44. The second-order valence-electron chi connectivity index (χ2n) is 4.10. The zero-order valence-corrected chi connectivity index (χ0v) is 8.42. The van der Waals surface area contributed by atoms with E-state index >= 15 is 0 Å². The fourth-order valence-corrected chi connectivity index (χ4v) is 0.536. The molecule has 0 saturated carbocycles. The van der Waals surface area contributed by atoms with Crippen LogP contribution >= 0.6 is 0 Å². The maximum atomic E-state index is 11.3. The first-order chi connectivity index (χ1) is 5.75. The quantitative estimate of drug-likeness (QED) is 0.647. The molecule has 1 atom stereocenters. The Morgan fingerprint density at radius 1 is 1.46 bits per heavy atom. The lowest BCUT2D eigenvalue weighted by atomic mass is 9.94. The highest BCUT2D eigenvalue weighted by atomic mass is 16.6. The zero-order chi connectivity index (χ0) is 10.7. The van der Waals surface area contributed by atoms with Gasteiger partial charge in [0.1, 0.15) is 5.60 Å². The Morgan fingerprint density at radius 3 is 2.15 bits per heavy atom. The predicted octanol–water partition coefficient (Wildman–Crippen LogP) is 0.850. The van der Waals surface area contributed by atoms with E-state index in [9.17, 15) is 4.79 Å². The lowest BCUT2D eigenvalue weighted by Crippen LogP contribution is -2.37. The molecule has 4 heteroatoms. The van der Waals surface area contributed by atoms with Crippen molar-refractivity contribution in [2.45, 2.75) is 33.3 Å². The molecule has 0 heterocycles. The van der Waals surface area contributed by atoms with Gasteiger partial charge in [0.25, 0.3) is 0 Å². The molecule has 74 valence electrons. The van der Waals surface area contributed by atoms with E-state index in [1.807, 2.05) is 0 Å². The molecular formula is C9H15NO3. The summed E-state index contributed by atoms with van der Waals surface area (Å²) in [5.41, 5.74) is -2.09. The van der Waals surface area contributed by atoms with Crippen molar-refractivity contribution in [2.75, 3.05) is 6.61 Å². The first-order valence-electron chi connectivity index (χ1n) is 4.01. The van der Waals surface area contributed by atoms with Gasteiger partial charge in [0, 0.05) is 0 Å². The lowest BCUT2D eigenvalue weighted by Gasteiger charge is -2.25. The molecule has 13 heavy (non-hydrogen) atoms. The van der Waals surface area contributed by atoms with Crippen LogP contribution < -0.4 is 0 Å². The molecule has 0 aromatic heterocycles. The molecule has 0 aromatic rings. The van der Waals surface area contributed by atoms with Crippen LogP contribution in [-0.2, 0) is 9.53 Å². The van der Waals surface area contributed by atoms with Crippen molar-refractivity contribution in [1.29, 1.82) is 5.26 Å². The van der Waals surface area contributed by atoms with Gasteiger partial charge in [0.15, 0.2) is 5.41 Å². The maximum absolute atomic E-state index is 11.3. The Morgan fingerprint density at radius 2 is 1.92 bits per heavy atom. The highest BCUT2D eigenvalue weighted by molar-refractivity contribution is 5.80. The summed E-state index contributed by atoms with van der Waals surface area (Å²) in [5, 5.41) is 17.5. The van der Waals surface area contributed by atoms with Crippen molar-refractivity contribution in [3.05, 3.63) is 0 Å².